The molecule has 1 aromatic heterocycles. The van der Waals surface area contributed by atoms with E-state index in [-0.39, 0.29) is 0 Å². The van der Waals surface area contributed by atoms with E-state index in [4.69, 9.17) is 4.74 Å². The first kappa shape index (κ1) is 11.3. The second-order valence-electron chi connectivity index (χ2n) is 5.64. The first-order valence-corrected chi connectivity index (χ1v) is 6.29. The third-order valence-electron chi connectivity index (χ3n) is 3.80. The van der Waals surface area contributed by atoms with Crippen LogP contribution in [0.3, 0.4) is 0 Å². The molecule has 3 heteroatoms. The average Bonchev–Trinajstić information content (AvgIpc) is 2.96. The minimum absolute atomic E-state index is 0.399. The molecular weight excluding hydrogens is 224 g/mol. The maximum atomic E-state index is 5.25. The minimum Gasteiger partial charge on any atom is -0.497 e. The van der Waals surface area contributed by atoms with Gasteiger partial charge in [-0.15, -0.1) is 0 Å². The van der Waals surface area contributed by atoms with E-state index in [1.165, 1.54) is 6.42 Å². The molecule has 1 N–H and O–H groups in total. The third kappa shape index (κ3) is 1.90. The van der Waals surface area contributed by atoms with Crippen molar-refractivity contribution in [3.8, 4) is 5.75 Å². The lowest BCUT2D eigenvalue weighted by Gasteiger charge is -2.10. The molecule has 1 aliphatic rings. The van der Waals surface area contributed by atoms with Crippen LogP contribution in [0.1, 0.15) is 20.3 Å². The van der Waals surface area contributed by atoms with Crippen molar-refractivity contribution in [3.05, 3.63) is 30.5 Å². The molecule has 1 aliphatic carbocycles. The smallest absolute Gasteiger partial charge is 0.134 e. The van der Waals surface area contributed by atoms with E-state index in [2.05, 4.69) is 30.2 Å². The summed E-state index contributed by atoms with van der Waals surface area (Å²) in [6.07, 6.45) is 3.06. The molecule has 0 aliphatic heterocycles. The lowest BCUT2D eigenvalue weighted by Crippen LogP contribution is -2.09. The standard InChI is InChI=1S/C15H18N2O/c1-15(2)9-13(15)17-14-12-5-4-11(18-3)8-10(12)6-7-16-14/h4-8,13H,9H2,1-3H3,(H,16,17). The van der Waals surface area contributed by atoms with Gasteiger partial charge in [-0.3, -0.25) is 0 Å². The van der Waals surface area contributed by atoms with Gasteiger partial charge in [-0.2, -0.15) is 0 Å². The minimum atomic E-state index is 0.399. The van der Waals surface area contributed by atoms with Gasteiger partial charge in [-0.25, -0.2) is 4.98 Å². The molecule has 0 bridgehead atoms. The number of pyridine rings is 1. The van der Waals surface area contributed by atoms with Crippen LogP contribution < -0.4 is 10.1 Å². The molecule has 1 unspecified atom stereocenters. The Morgan fingerprint density at radius 3 is 2.78 bits per heavy atom. The average molecular weight is 242 g/mol. The Kier molecular flexibility index (Phi) is 2.44. The summed E-state index contributed by atoms with van der Waals surface area (Å²) in [4.78, 5) is 4.46. The highest BCUT2D eigenvalue weighted by Crippen LogP contribution is 2.46. The van der Waals surface area contributed by atoms with Crippen molar-refractivity contribution in [2.45, 2.75) is 26.3 Å². The highest BCUT2D eigenvalue weighted by atomic mass is 16.5. The Labute approximate surface area is 107 Å². The number of anilines is 1. The fourth-order valence-electron chi connectivity index (χ4n) is 2.28. The van der Waals surface area contributed by atoms with Gasteiger partial charge in [0.25, 0.3) is 0 Å². The number of rotatable bonds is 3. The summed E-state index contributed by atoms with van der Waals surface area (Å²) in [6, 6.07) is 8.64. The Hall–Kier alpha value is -1.77. The first-order chi connectivity index (χ1) is 8.60. The molecule has 0 amide bonds. The lowest BCUT2D eigenvalue weighted by atomic mass is 10.1. The van der Waals surface area contributed by atoms with Crippen molar-refractivity contribution in [1.29, 1.82) is 0 Å². The van der Waals surface area contributed by atoms with Crippen LogP contribution in [0.4, 0.5) is 5.82 Å². The number of fused-ring (bicyclic) bond motifs is 1. The number of hydrogen-bond acceptors (Lipinski definition) is 3. The third-order valence-corrected chi connectivity index (χ3v) is 3.80. The topological polar surface area (TPSA) is 34.1 Å². The lowest BCUT2D eigenvalue weighted by molar-refractivity contribution is 0.415. The first-order valence-electron chi connectivity index (χ1n) is 6.29. The molecule has 0 radical (unpaired) electrons. The van der Waals surface area contributed by atoms with Crippen LogP contribution in [0, 0.1) is 5.41 Å². The number of benzene rings is 1. The van der Waals surface area contributed by atoms with Crippen LogP contribution in [0.5, 0.6) is 5.75 Å². The van der Waals surface area contributed by atoms with Gasteiger partial charge in [0.2, 0.25) is 0 Å². The Morgan fingerprint density at radius 1 is 1.33 bits per heavy atom. The molecule has 1 saturated carbocycles. The van der Waals surface area contributed by atoms with Crippen LogP contribution in [0.25, 0.3) is 10.8 Å². The highest BCUT2D eigenvalue weighted by molar-refractivity contribution is 5.92. The molecule has 1 atom stereocenters. The summed E-state index contributed by atoms with van der Waals surface area (Å²) in [5.74, 6) is 1.86. The van der Waals surface area contributed by atoms with E-state index in [0.717, 1.165) is 22.3 Å². The number of hydrogen-bond donors (Lipinski definition) is 1. The predicted octanol–water partition coefficient (Wildman–Crippen LogP) is 3.45. The van der Waals surface area contributed by atoms with Crippen LogP contribution in [0.2, 0.25) is 0 Å². The summed E-state index contributed by atoms with van der Waals surface area (Å²) in [5, 5.41) is 5.85. The second kappa shape index (κ2) is 3.87. The number of methoxy groups -OCH3 is 1. The van der Waals surface area contributed by atoms with Gasteiger partial charge in [0.15, 0.2) is 0 Å². The summed E-state index contributed by atoms with van der Waals surface area (Å²) >= 11 is 0. The molecule has 1 heterocycles. The van der Waals surface area contributed by atoms with Crippen LogP contribution in [-0.2, 0) is 0 Å². The Morgan fingerprint density at radius 2 is 2.11 bits per heavy atom. The molecule has 0 saturated heterocycles. The zero-order chi connectivity index (χ0) is 12.8. The van der Waals surface area contributed by atoms with Gasteiger partial charge in [-0.1, -0.05) is 13.8 Å². The molecule has 18 heavy (non-hydrogen) atoms. The maximum Gasteiger partial charge on any atom is 0.134 e. The van der Waals surface area contributed by atoms with Gasteiger partial charge < -0.3 is 10.1 Å². The molecule has 1 aromatic carbocycles. The fraction of sp³-hybridized carbons (Fsp3) is 0.400. The van der Waals surface area contributed by atoms with E-state index in [9.17, 15) is 0 Å². The summed E-state index contributed by atoms with van der Waals surface area (Å²) < 4.78 is 5.25. The van der Waals surface area contributed by atoms with Crippen molar-refractivity contribution < 1.29 is 4.74 Å². The van der Waals surface area contributed by atoms with Crippen LogP contribution >= 0.6 is 0 Å². The Balaban J connectivity index is 1.97. The number of nitrogens with one attached hydrogen (secondary N) is 1. The van der Waals surface area contributed by atoms with E-state index in [0.29, 0.717) is 11.5 Å². The van der Waals surface area contributed by atoms with E-state index >= 15 is 0 Å². The molecule has 1 fully saturated rings. The van der Waals surface area contributed by atoms with E-state index in [1.54, 1.807) is 7.11 Å². The number of aromatic nitrogens is 1. The van der Waals surface area contributed by atoms with E-state index in [1.807, 2.05) is 24.4 Å². The SMILES string of the molecule is COc1ccc2c(NC3CC3(C)C)nccc2c1. The van der Waals surface area contributed by atoms with Gasteiger partial charge in [0.05, 0.1) is 7.11 Å². The van der Waals surface area contributed by atoms with Crippen molar-refractivity contribution >= 4 is 16.6 Å². The summed E-state index contributed by atoms with van der Waals surface area (Å²) in [6.45, 7) is 4.55. The second-order valence-corrected chi connectivity index (χ2v) is 5.64. The Bertz CT molecular complexity index is 592. The molecule has 3 rings (SSSR count). The van der Waals surface area contributed by atoms with Crippen molar-refractivity contribution in [3.63, 3.8) is 0 Å². The highest BCUT2D eigenvalue weighted by Gasteiger charge is 2.45. The quantitative estimate of drug-likeness (QED) is 0.895. The molecule has 94 valence electrons. The summed E-state index contributed by atoms with van der Waals surface area (Å²) in [7, 11) is 1.69. The zero-order valence-electron chi connectivity index (χ0n) is 11.0. The van der Waals surface area contributed by atoms with Crippen molar-refractivity contribution in [2.75, 3.05) is 12.4 Å². The monoisotopic (exact) mass is 242 g/mol. The van der Waals surface area contributed by atoms with Crippen molar-refractivity contribution in [2.24, 2.45) is 5.41 Å². The van der Waals surface area contributed by atoms with Gasteiger partial charge in [0, 0.05) is 17.6 Å². The molecule has 2 aromatic rings. The number of ether oxygens (including phenoxy) is 1. The normalized spacial score (nSPS) is 20.7. The van der Waals surface area contributed by atoms with Gasteiger partial charge in [0.1, 0.15) is 11.6 Å². The largest absolute Gasteiger partial charge is 0.497 e. The van der Waals surface area contributed by atoms with Gasteiger partial charge in [-0.05, 0) is 41.5 Å². The van der Waals surface area contributed by atoms with Crippen molar-refractivity contribution in [1.82, 2.24) is 4.98 Å². The maximum absolute atomic E-state index is 5.25. The molecular formula is C15H18N2O. The van der Waals surface area contributed by atoms with Crippen LogP contribution in [-0.4, -0.2) is 18.1 Å². The predicted molar refractivity (Wildman–Crippen MR) is 74.1 cm³/mol. The summed E-state index contributed by atoms with van der Waals surface area (Å²) in [5.41, 5.74) is 0.399. The molecule has 0 spiro atoms. The fourth-order valence-corrected chi connectivity index (χ4v) is 2.28. The molecule has 3 nitrogen and oxygen atoms in total. The van der Waals surface area contributed by atoms with Crippen LogP contribution in [0.15, 0.2) is 30.5 Å². The zero-order valence-corrected chi connectivity index (χ0v) is 11.0. The van der Waals surface area contributed by atoms with E-state index < -0.39 is 0 Å². The van der Waals surface area contributed by atoms with Gasteiger partial charge >= 0.3 is 0 Å². The number of nitrogens with zero attached hydrogens (tertiary/aromatic N) is 1.